The lowest BCUT2D eigenvalue weighted by Gasteiger charge is -2.05. The number of rotatable bonds is 2. The average molecular weight is 161 g/mol. The maximum absolute atomic E-state index is 12.3. The van der Waals surface area contributed by atoms with Crippen LogP contribution >= 0.6 is 0 Å². The van der Waals surface area contributed by atoms with Crippen molar-refractivity contribution in [3.8, 4) is 11.8 Å². The Morgan fingerprint density at radius 3 is 2.55 bits per heavy atom. The minimum atomic E-state index is -3.20. The van der Waals surface area contributed by atoms with Gasteiger partial charge < -0.3 is 9.90 Å². The number of alkyl halides is 2. The Hall–Kier alpha value is -1.11. The summed E-state index contributed by atoms with van der Waals surface area (Å²) in [5.41, 5.74) is 0. The molecule has 0 aliphatic rings. The Morgan fingerprint density at radius 1 is 1.64 bits per heavy atom. The van der Waals surface area contributed by atoms with Crippen LogP contribution in [0.15, 0.2) is 0 Å². The zero-order valence-corrected chi connectivity index (χ0v) is 5.99. The van der Waals surface area contributed by atoms with E-state index in [2.05, 4.69) is 0 Å². The van der Waals surface area contributed by atoms with Crippen molar-refractivity contribution in [2.24, 2.45) is 0 Å². The SMILES string of the molecule is CCCC(F)(F)C#CC(=O)[O-]. The smallest absolute Gasteiger partial charge is 0.308 e. The van der Waals surface area contributed by atoms with Gasteiger partial charge in [0.1, 0.15) is 5.97 Å². The molecular weight excluding hydrogens is 154 g/mol. The molecule has 0 aromatic carbocycles. The highest BCUT2D eigenvalue weighted by Gasteiger charge is 2.23. The van der Waals surface area contributed by atoms with E-state index in [1.54, 1.807) is 6.92 Å². The van der Waals surface area contributed by atoms with Crippen molar-refractivity contribution in [2.75, 3.05) is 0 Å². The molecule has 0 aromatic rings. The second-order valence-corrected chi connectivity index (χ2v) is 1.99. The fraction of sp³-hybridized carbons (Fsp3) is 0.571. The van der Waals surface area contributed by atoms with Crippen LogP contribution in [-0.4, -0.2) is 11.9 Å². The van der Waals surface area contributed by atoms with Crippen LogP contribution in [0, 0.1) is 11.8 Å². The van der Waals surface area contributed by atoms with Gasteiger partial charge in [-0.3, -0.25) is 0 Å². The number of aliphatic carboxylic acids is 1. The van der Waals surface area contributed by atoms with Gasteiger partial charge in [-0.2, -0.15) is 8.78 Å². The van der Waals surface area contributed by atoms with Crippen LogP contribution in [-0.2, 0) is 4.79 Å². The largest absolute Gasteiger partial charge is 0.537 e. The molecule has 0 saturated carbocycles. The summed E-state index contributed by atoms with van der Waals surface area (Å²) in [6.45, 7) is 1.56. The maximum atomic E-state index is 12.3. The number of hydrogen-bond donors (Lipinski definition) is 0. The minimum Gasteiger partial charge on any atom is -0.537 e. The van der Waals surface area contributed by atoms with E-state index in [1.165, 1.54) is 11.8 Å². The van der Waals surface area contributed by atoms with Gasteiger partial charge in [0.15, 0.2) is 0 Å². The van der Waals surface area contributed by atoms with E-state index in [9.17, 15) is 18.7 Å². The molecule has 0 heterocycles. The minimum absolute atomic E-state index is 0.259. The molecule has 0 unspecified atom stereocenters. The molecule has 62 valence electrons. The molecule has 0 fully saturated rings. The predicted molar refractivity (Wildman–Crippen MR) is 32.6 cm³/mol. The van der Waals surface area contributed by atoms with Crippen LogP contribution < -0.4 is 5.11 Å². The van der Waals surface area contributed by atoms with Crippen molar-refractivity contribution in [2.45, 2.75) is 25.7 Å². The highest BCUT2D eigenvalue weighted by atomic mass is 19.3. The van der Waals surface area contributed by atoms with E-state index in [-0.39, 0.29) is 6.42 Å². The highest BCUT2D eigenvalue weighted by Crippen LogP contribution is 2.18. The molecule has 4 heteroatoms. The molecule has 0 atom stereocenters. The lowest BCUT2D eigenvalue weighted by molar-refractivity contribution is -0.296. The Balaban J connectivity index is 4.13. The topological polar surface area (TPSA) is 40.1 Å². The summed E-state index contributed by atoms with van der Waals surface area (Å²) < 4.78 is 24.6. The van der Waals surface area contributed by atoms with Gasteiger partial charge in [-0.1, -0.05) is 6.92 Å². The zero-order chi connectivity index (χ0) is 8.91. The van der Waals surface area contributed by atoms with Crippen LogP contribution in [0.1, 0.15) is 19.8 Å². The molecule has 2 nitrogen and oxygen atoms in total. The molecule has 0 aliphatic carbocycles. The van der Waals surface area contributed by atoms with Crippen molar-refractivity contribution in [1.82, 2.24) is 0 Å². The number of carbonyl (C=O) groups is 1. The van der Waals surface area contributed by atoms with E-state index < -0.39 is 18.3 Å². The average Bonchev–Trinajstić information content (AvgIpc) is 1.84. The molecular formula is C7H7F2O2-. The number of carbonyl (C=O) groups excluding carboxylic acids is 1. The van der Waals surface area contributed by atoms with Gasteiger partial charge >= 0.3 is 5.92 Å². The van der Waals surface area contributed by atoms with Crippen molar-refractivity contribution in [1.29, 1.82) is 0 Å². The standard InChI is InChI=1S/C7H8F2O2/c1-2-4-7(8,9)5-3-6(10)11/h2,4H2,1H3,(H,10,11)/p-1. The summed E-state index contributed by atoms with van der Waals surface area (Å²) in [5, 5.41) is 9.63. The Bertz CT molecular complexity index is 200. The van der Waals surface area contributed by atoms with E-state index >= 15 is 0 Å². The van der Waals surface area contributed by atoms with Crippen molar-refractivity contribution in [3.63, 3.8) is 0 Å². The molecule has 0 bridgehead atoms. The third kappa shape index (κ3) is 5.34. The fourth-order valence-corrected chi connectivity index (χ4v) is 0.519. The summed E-state index contributed by atoms with van der Waals surface area (Å²) in [7, 11) is 0. The molecule has 0 aromatic heterocycles. The summed E-state index contributed by atoms with van der Waals surface area (Å²) in [5.74, 6) is -2.39. The van der Waals surface area contributed by atoms with Gasteiger partial charge in [0.2, 0.25) is 0 Å². The Kier molecular flexibility index (Phi) is 3.52. The molecule has 0 saturated heterocycles. The summed E-state index contributed by atoms with van der Waals surface area (Å²) >= 11 is 0. The first-order valence-electron chi connectivity index (χ1n) is 3.10. The van der Waals surface area contributed by atoms with E-state index in [0.29, 0.717) is 0 Å². The second-order valence-electron chi connectivity index (χ2n) is 1.99. The Morgan fingerprint density at radius 2 is 2.18 bits per heavy atom. The first-order valence-corrected chi connectivity index (χ1v) is 3.10. The predicted octanol–water partition coefficient (Wildman–Crippen LogP) is 0.175. The monoisotopic (exact) mass is 161 g/mol. The maximum Gasteiger partial charge on any atom is 0.308 e. The van der Waals surface area contributed by atoms with E-state index in [1.807, 2.05) is 0 Å². The van der Waals surface area contributed by atoms with Crippen molar-refractivity contribution >= 4 is 5.97 Å². The van der Waals surface area contributed by atoms with E-state index in [4.69, 9.17) is 0 Å². The van der Waals surface area contributed by atoms with Crippen molar-refractivity contribution in [3.05, 3.63) is 0 Å². The Labute approximate surface area is 63.2 Å². The second kappa shape index (κ2) is 3.91. The van der Waals surface area contributed by atoms with Crippen LogP contribution in [0.25, 0.3) is 0 Å². The molecule has 0 N–H and O–H groups in total. The highest BCUT2D eigenvalue weighted by molar-refractivity contribution is 5.84. The number of carboxylic acids is 1. The molecule has 0 aliphatic heterocycles. The quantitative estimate of drug-likeness (QED) is 0.542. The zero-order valence-electron chi connectivity index (χ0n) is 5.99. The number of halogens is 2. The summed E-state index contributed by atoms with van der Waals surface area (Å²) in [6, 6.07) is 0. The van der Waals surface area contributed by atoms with Gasteiger partial charge in [-0.05, 0) is 18.3 Å². The van der Waals surface area contributed by atoms with Gasteiger partial charge in [-0.25, -0.2) is 0 Å². The van der Waals surface area contributed by atoms with E-state index in [0.717, 1.165) is 0 Å². The lowest BCUT2D eigenvalue weighted by atomic mass is 10.2. The number of carboxylic acid groups (broad SMARTS) is 1. The molecule has 0 radical (unpaired) electrons. The summed E-state index contributed by atoms with van der Waals surface area (Å²) in [6.07, 6.45) is -0.165. The first kappa shape index (κ1) is 9.89. The first-order chi connectivity index (χ1) is 4.98. The van der Waals surface area contributed by atoms with Gasteiger partial charge in [0.25, 0.3) is 0 Å². The van der Waals surface area contributed by atoms with Gasteiger partial charge in [0, 0.05) is 6.42 Å². The van der Waals surface area contributed by atoms with Crippen LogP contribution in [0.3, 0.4) is 0 Å². The van der Waals surface area contributed by atoms with Crippen molar-refractivity contribution < 1.29 is 18.7 Å². The third-order valence-corrected chi connectivity index (χ3v) is 0.911. The molecule has 0 rings (SSSR count). The molecule has 11 heavy (non-hydrogen) atoms. The van der Waals surface area contributed by atoms with Gasteiger partial charge in [-0.15, -0.1) is 0 Å². The number of hydrogen-bond acceptors (Lipinski definition) is 2. The van der Waals surface area contributed by atoms with Crippen LogP contribution in [0.5, 0.6) is 0 Å². The normalized spacial score (nSPS) is 10.1. The van der Waals surface area contributed by atoms with Crippen LogP contribution in [0.2, 0.25) is 0 Å². The summed E-state index contributed by atoms with van der Waals surface area (Å²) in [4.78, 5) is 9.63. The molecule has 0 amide bonds. The fourth-order valence-electron chi connectivity index (χ4n) is 0.519. The van der Waals surface area contributed by atoms with Gasteiger partial charge in [0.05, 0.1) is 0 Å². The van der Waals surface area contributed by atoms with Crippen LogP contribution in [0.4, 0.5) is 8.78 Å². The molecule has 0 spiro atoms. The lowest BCUT2D eigenvalue weighted by Crippen LogP contribution is -2.21. The third-order valence-electron chi connectivity index (χ3n) is 0.911.